The Morgan fingerprint density at radius 1 is 1.00 bits per heavy atom. The van der Waals surface area contributed by atoms with Gasteiger partial charge in [0, 0.05) is 18.3 Å². The molecule has 168 valence electrons. The van der Waals surface area contributed by atoms with Crippen molar-refractivity contribution in [2.45, 2.75) is 31.2 Å². The van der Waals surface area contributed by atoms with Crippen LogP contribution in [0.15, 0.2) is 76.7 Å². The first-order valence-corrected chi connectivity index (χ1v) is 11.5. The number of benzene rings is 2. The van der Waals surface area contributed by atoms with Crippen LogP contribution < -0.4 is 10.9 Å². The van der Waals surface area contributed by atoms with Gasteiger partial charge in [-0.25, -0.2) is 14.6 Å². The first-order valence-electron chi connectivity index (χ1n) is 10.6. The fraction of sp³-hybridized carbons (Fsp3) is 0.200. The molecule has 0 aliphatic rings. The van der Waals surface area contributed by atoms with Crippen molar-refractivity contribution in [3.63, 3.8) is 0 Å². The van der Waals surface area contributed by atoms with Crippen LogP contribution in [0.5, 0.6) is 0 Å². The molecule has 1 unspecified atom stereocenters. The Morgan fingerprint density at radius 3 is 2.30 bits per heavy atom. The van der Waals surface area contributed by atoms with Crippen LogP contribution >= 0.6 is 11.8 Å². The van der Waals surface area contributed by atoms with Crippen molar-refractivity contribution >= 4 is 23.4 Å². The Balaban J connectivity index is 1.55. The maximum atomic E-state index is 13.1. The van der Waals surface area contributed by atoms with Gasteiger partial charge in [-0.2, -0.15) is 0 Å². The second kappa shape index (κ2) is 9.46. The van der Waals surface area contributed by atoms with Crippen LogP contribution in [-0.4, -0.2) is 30.5 Å². The zero-order valence-corrected chi connectivity index (χ0v) is 19.8. The maximum absolute atomic E-state index is 13.1. The zero-order chi connectivity index (χ0) is 23.5. The first kappa shape index (κ1) is 22.5. The summed E-state index contributed by atoms with van der Waals surface area (Å²) in [5, 5.41) is 2.84. The standard InChI is InChI=1S/C25H25N5O2S/c1-16-15-21(19-11-7-5-8-12-19)27-25(26-16)33-18(3)23(31)28-22-17(2)29(4)30(24(22)32)20-13-9-6-10-14-20/h5-15,18H,1-4H3,(H,28,31). The molecular weight excluding hydrogens is 434 g/mol. The van der Waals surface area contributed by atoms with E-state index >= 15 is 0 Å². The predicted octanol–water partition coefficient (Wildman–Crippen LogP) is 4.37. The highest BCUT2D eigenvalue weighted by Crippen LogP contribution is 2.25. The summed E-state index contributed by atoms with van der Waals surface area (Å²) < 4.78 is 3.28. The smallest absolute Gasteiger partial charge is 0.295 e. The molecule has 7 nitrogen and oxygen atoms in total. The van der Waals surface area contributed by atoms with E-state index in [0.29, 0.717) is 10.9 Å². The van der Waals surface area contributed by atoms with Crippen LogP contribution in [0.2, 0.25) is 0 Å². The van der Waals surface area contributed by atoms with E-state index in [9.17, 15) is 9.59 Å². The lowest BCUT2D eigenvalue weighted by molar-refractivity contribution is -0.115. The van der Waals surface area contributed by atoms with Crippen molar-refractivity contribution in [2.75, 3.05) is 5.32 Å². The lowest BCUT2D eigenvalue weighted by atomic mass is 10.1. The Morgan fingerprint density at radius 2 is 1.64 bits per heavy atom. The fourth-order valence-electron chi connectivity index (χ4n) is 3.50. The number of para-hydroxylation sites is 1. The number of thioether (sulfide) groups is 1. The van der Waals surface area contributed by atoms with E-state index < -0.39 is 5.25 Å². The number of anilines is 1. The summed E-state index contributed by atoms with van der Waals surface area (Å²) in [4.78, 5) is 35.2. The van der Waals surface area contributed by atoms with Crippen molar-refractivity contribution in [1.82, 2.24) is 19.3 Å². The normalized spacial score (nSPS) is 11.9. The van der Waals surface area contributed by atoms with E-state index in [1.54, 1.807) is 23.3 Å². The molecule has 8 heteroatoms. The lowest BCUT2D eigenvalue weighted by Crippen LogP contribution is -2.27. The molecule has 0 aliphatic carbocycles. The number of carbonyl (C=O) groups excluding carboxylic acids is 1. The lowest BCUT2D eigenvalue weighted by Gasteiger charge is -2.12. The third-order valence-electron chi connectivity index (χ3n) is 5.36. The Labute approximate surface area is 196 Å². The average Bonchev–Trinajstić information content (AvgIpc) is 3.02. The number of nitrogens with zero attached hydrogens (tertiary/aromatic N) is 4. The minimum Gasteiger partial charge on any atom is -0.319 e. The van der Waals surface area contributed by atoms with Crippen molar-refractivity contribution in [2.24, 2.45) is 7.05 Å². The molecule has 0 saturated carbocycles. The Kier molecular flexibility index (Phi) is 6.46. The monoisotopic (exact) mass is 459 g/mol. The highest BCUT2D eigenvalue weighted by Gasteiger charge is 2.22. The van der Waals surface area contributed by atoms with Gasteiger partial charge in [0.05, 0.1) is 22.3 Å². The molecule has 0 aliphatic heterocycles. The second-order valence-electron chi connectivity index (χ2n) is 7.73. The molecule has 1 N–H and O–H groups in total. The summed E-state index contributed by atoms with van der Waals surface area (Å²) in [5.41, 5.74) is 4.03. The van der Waals surface area contributed by atoms with Gasteiger partial charge in [0.1, 0.15) is 5.69 Å². The second-order valence-corrected chi connectivity index (χ2v) is 9.04. The van der Waals surface area contributed by atoms with Crippen molar-refractivity contribution < 1.29 is 4.79 Å². The third-order valence-corrected chi connectivity index (χ3v) is 6.32. The van der Waals surface area contributed by atoms with Gasteiger partial charge >= 0.3 is 0 Å². The molecule has 4 aromatic rings. The number of hydrogen-bond donors (Lipinski definition) is 1. The number of nitrogens with one attached hydrogen (secondary N) is 1. The Bertz CT molecular complexity index is 1350. The highest BCUT2D eigenvalue weighted by atomic mass is 32.2. The topological polar surface area (TPSA) is 81.8 Å². The van der Waals surface area contributed by atoms with Gasteiger partial charge in [0.15, 0.2) is 5.16 Å². The molecule has 0 spiro atoms. The molecule has 0 saturated heterocycles. The van der Waals surface area contributed by atoms with Crippen molar-refractivity contribution in [1.29, 1.82) is 0 Å². The molecule has 1 amide bonds. The van der Waals surface area contributed by atoms with Gasteiger partial charge in [-0.05, 0) is 39.0 Å². The molecule has 1 atom stereocenters. The van der Waals surface area contributed by atoms with Gasteiger partial charge < -0.3 is 5.32 Å². The summed E-state index contributed by atoms with van der Waals surface area (Å²) >= 11 is 1.26. The largest absolute Gasteiger partial charge is 0.319 e. The average molecular weight is 460 g/mol. The van der Waals surface area contributed by atoms with Gasteiger partial charge in [-0.1, -0.05) is 60.3 Å². The predicted molar refractivity (Wildman–Crippen MR) is 132 cm³/mol. The molecule has 0 bridgehead atoms. The van der Waals surface area contributed by atoms with Gasteiger partial charge in [-0.3, -0.25) is 14.3 Å². The van der Waals surface area contributed by atoms with Gasteiger partial charge in [0.2, 0.25) is 5.91 Å². The van der Waals surface area contributed by atoms with Crippen LogP contribution in [0.3, 0.4) is 0 Å². The quantitative estimate of drug-likeness (QED) is 0.342. The summed E-state index contributed by atoms with van der Waals surface area (Å²) in [6.07, 6.45) is 0. The molecule has 2 aromatic heterocycles. The summed E-state index contributed by atoms with van der Waals surface area (Å²) in [6, 6.07) is 21.1. The van der Waals surface area contributed by atoms with Crippen LogP contribution in [0, 0.1) is 13.8 Å². The number of hydrogen-bond acceptors (Lipinski definition) is 5. The fourth-order valence-corrected chi connectivity index (χ4v) is 4.33. The molecule has 0 radical (unpaired) electrons. The van der Waals surface area contributed by atoms with E-state index in [1.807, 2.05) is 80.6 Å². The molecule has 33 heavy (non-hydrogen) atoms. The van der Waals surface area contributed by atoms with E-state index in [2.05, 4.69) is 15.3 Å². The van der Waals surface area contributed by atoms with Gasteiger partial charge in [0.25, 0.3) is 5.56 Å². The van der Waals surface area contributed by atoms with Crippen molar-refractivity contribution in [3.8, 4) is 16.9 Å². The molecule has 2 aromatic carbocycles. The summed E-state index contributed by atoms with van der Waals surface area (Å²) in [6.45, 7) is 5.49. The number of aryl methyl sites for hydroxylation is 1. The zero-order valence-electron chi connectivity index (χ0n) is 18.9. The van der Waals surface area contributed by atoms with E-state index in [-0.39, 0.29) is 17.2 Å². The van der Waals surface area contributed by atoms with Crippen LogP contribution in [0.25, 0.3) is 16.9 Å². The summed E-state index contributed by atoms with van der Waals surface area (Å²) in [5.74, 6) is -0.280. The van der Waals surface area contributed by atoms with E-state index in [1.165, 1.54) is 11.8 Å². The highest BCUT2D eigenvalue weighted by molar-refractivity contribution is 8.00. The van der Waals surface area contributed by atoms with Crippen LogP contribution in [0.4, 0.5) is 5.69 Å². The SMILES string of the molecule is Cc1cc(-c2ccccc2)nc(SC(C)C(=O)Nc2c(C)n(C)n(-c3ccccc3)c2=O)n1. The molecule has 2 heterocycles. The van der Waals surface area contributed by atoms with Gasteiger partial charge in [-0.15, -0.1) is 0 Å². The van der Waals surface area contributed by atoms with Crippen molar-refractivity contribution in [3.05, 3.63) is 88.5 Å². The minimum atomic E-state index is -0.500. The van der Waals surface area contributed by atoms with Crippen LogP contribution in [0.1, 0.15) is 18.3 Å². The number of aromatic nitrogens is 4. The van der Waals surface area contributed by atoms with E-state index in [4.69, 9.17) is 0 Å². The van der Waals surface area contributed by atoms with E-state index in [0.717, 1.165) is 22.6 Å². The minimum absolute atomic E-state index is 0.272. The number of carbonyl (C=O) groups is 1. The number of rotatable bonds is 6. The summed E-state index contributed by atoms with van der Waals surface area (Å²) in [7, 11) is 1.79. The molecule has 4 rings (SSSR count). The first-order chi connectivity index (χ1) is 15.8. The van der Waals surface area contributed by atoms with Crippen LogP contribution in [-0.2, 0) is 11.8 Å². The maximum Gasteiger partial charge on any atom is 0.295 e. The molecule has 0 fully saturated rings. The molecular formula is C25H25N5O2S. The number of amides is 1. The third kappa shape index (κ3) is 4.75. The Hall–Kier alpha value is -3.65.